The Kier molecular flexibility index (Phi) is 7.24. The maximum Gasteiger partial charge on any atom is 0.270 e. The molecular weight excluding hydrogens is 438 g/mol. The van der Waals surface area contributed by atoms with E-state index in [2.05, 4.69) is 64.6 Å². The molecule has 1 heterocycles. The maximum absolute atomic E-state index is 12.6. The summed E-state index contributed by atoms with van der Waals surface area (Å²) in [5.41, 5.74) is 5.00. The van der Waals surface area contributed by atoms with Gasteiger partial charge in [-0.2, -0.15) is 5.26 Å². The topological polar surface area (TPSA) is 94.0 Å². The SMILES string of the molecule is COc1ccc(-c2nc(NCc3ccccc3-c3ccc(CN(C)C)cc3)[nH]c(=O)c2C#N)cc1. The van der Waals surface area contributed by atoms with Crippen molar-refractivity contribution in [3.63, 3.8) is 0 Å². The molecule has 4 aromatic rings. The van der Waals surface area contributed by atoms with Crippen molar-refractivity contribution in [1.82, 2.24) is 14.9 Å². The fraction of sp³-hybridized carbons (Fsp3) is 0.179. The van der Waals surface area contributed by atoms with Crippen molar-refractivity contribution in [3.8, 4) is 34.2 Å². The quantitative estimate of drug-likeness (QED) is 0.393. The smallest absolute Gasteiger partial charge is 0.270 e. The number of nitriles is 1. The lowest BCUT2D eigenvalue weighted by Gasteiger charge is -2.14. The Balaban J connectivity index is 1.60. The summed E-state index contributed by atoms with van der Waals surface area (Å²) in [6, 6.07) is 25.7. The van der Waals surface area contributed by atoms with E-state index in [-0.39, 0.29) is 5.56 Å². The van der Waals surface area contributed by atoms with Crippen molar-refractivity contribution in [2.24, 2.45) is 0 Å². The second-order valence-corrected chi connectivity index (χ2v) is 8.42. The largest absolute Gasteiger partial charge is 0.497 e. The molecule has 2 N–H and O–H groups in total. The van der Waals surface area contributed by atoms with Crippen LogP contribution in [0.5, 0.6) is 5.75 Å². The summed E-state index contributed by atoms with van der Waals surface area (Å²) in [7, 11) is 5.69. The van der Waals surface area contributed by atoms with Gasteiger partial charge in [-0.05, 0) is 60.6 Å². The van der Waals surface area contributed by atoms with Gasteiger partial charge in [0.2, 0.25) is 5.95 Å². The highest BCUT2D eigenvalue weighted by Gasteiger charge is 2.14. The molecule has 4 rings (SSSR count). The normalized spacial score (nSPS) is 10.7. The standard InChI is InChI=1S/C28H27N5O2/c1-33(2)18-19-8-10-20(11-9-19)24-7-5-4-6-22(24)17-30-28-31-26(25(16-29)27(34)32-28)21-12-14-23(35-3)15-13-21/h4-15H,17-18H2,1-3H3,(H2,30,31,32,34). The fourth-order valence-corrected chi connectivity index (χ4v) is 3.91. The van der Waals surface area contributed by atoms with E-state index in [1.807, 2.05) is 24.3 Å². The highest BCUT2D eigenvalue weighted by Crippen LogP contribution is 2.26. The highest BCUT2D eigenvalue weighted by molar-refractivity contribution is 5.69. The molecule has 176 valence electrons. The van der Waals surface area contributed by atoms with Gasteiger partial charge in [-0.3, -0.25) is 9.78 Å². The summed E-state index contributed by atoms with van der Waals surface area (Å²) in [5.74, 6) is 0.984. The Hall–Kier alpha value is -4.41. The van der Waals surface area contributed by atoms with Crippen LogP contribution in [-0.2, 0) is 13.1 Å². The number of H-pyrrole nitrogens is 1. The van der Waals surface area contributed by atoms with Gasteiger partial charge in [0, 0.05) is 18.7 Å². The van der Waals surface area contributed by atoms with Crippen molar-refractivity contribution in [3.05, 3.63) is 99.8 Å². The number of aromatic nitrogens is 2. The molecule has 0 radical (unpaired) electrons. The predicted octanol–water partition coefficient (Wildman–Crippen LogP) is 4.66. The van der Waals surface area contributed by atoms with Crippen LogP contribution < -0.4 is 15.6 Å². The summed E-state index contributed by atoms with van der Waals surface area (Å²) in [4.78, 5) is 22.0. The number of nitrogens with zero attached hydrogens (tertiary/aromatic N) is 3. The monoisotopic (exact) mass is 465 g/mol. The van der Waals surface area contributed by atoms with Gasteiger partial charge in [0.25, 0.3) is 5.56 Å². The summed E-state index contributed by atoms with van der Waals surface area (Å²) in [6.45, 7) is 1.34. The number of benzene rings is 3. The molecule has 0 bridgehead atoms. The molecule has 7 nitrogen and oxygen atoms in total. The Labute approximate surface area is 204 Å². The fourth-order valence-electron chi connectivity index (χ4n) is 3.91. The van der Waals surface area contributed by atoms with Crippen LogP contribution in [0.3, 0.4) is 0 Å². The molecular formula is C28H27N5O2. The van der Waals surface area contributed by atoms with Gasteiger partial charge >= 0.3 is 0 Å². The third kappa shape index (κ3) is 5.57. The van der Waals surface area contributed by atoms with E-state index < -0.39 is 5.56 Å². The maximum atomic E-state index is 12.6. The first kappa shape index (κ1) is 23.7. The molecule has 0 fully saturated rings. The summed E-state index contributed by atoms with van der Waals surface area (Å²) in [5, 5.41) is 12.8. The molecule has 0 atom stereocenters. The van der Waals surface area contributed by atoms with Gasteiger partial charge in [-0.25, -0.2) is 4.98 Å². The molecule has 0 spiro atoms. The number of anilines is 1. The van der Waals surface area contributed by atoms with Crippen LogP contribution in [-0.4, -0.2) is 36.1 Å². The van der Waals surface area contributed by atoms with E-state index in [4.69, 9.17) is 4.74 Å². The minimum absolute atomic E-state index is 0.0288. The van der Waals surface area contributed by atoms with Crippen molar-refractivity contribution in [2.75, 3.05) is 26.5 Å². The molecule has 0 saturated heterocycles. The summed E-state index contributed by atoms with van der Waals surface area (Å²) in [6.07, 6.45) is 0. The minimum atomic E-state index is -0.486. The van der Waals surface area contributed by atoms with E-state index >= 15 is 0 Å². The van der Waals surface area contributed by atoms with Crippen molar-refractivity contribution < 1.29 is 4.74 Å². The Morgan fingerprint density at radius 3 is 2.34 bits per heavy atom. The molecule has 0 unspecified atom stereocenters. The Bertz CT molecular complexity index is 1400. The average Bonchev–Trinajstić information content (AvgIpc) is 2.87. The number of rotatable bonds is 8. The van der Waals surface area contributed by atoms with Gasteiger partial charge in [-0.15, -0.1) is 0 Å². The van der Waals surface area contributed by atoms with Crippen LogP contribution in [0.15, 0.2) is 77.6 Å². The number of hydrogen-bond donors (Lipinski definition) is 2. The summed E-state index contributed by atoms with van der Waals surface area (Å²) >= 11 is 0. The molecule has 7 heteroatoms. The van der Waals surface area contributed by atoms with Gasteiger partial charge in [0.15, 0.2) is 0 Å². The number of aromatic amines is 1. The van der Waals surface area contributed by atoms with Gasteiger partial charge < -0.3 is 15.0 Å². The van der Waals surface area contributed by atoms with Gasteiger partial charge in [-0.1, -0.05) is 48.5 Å². The zero-order chi connectivity index (χ0) is 24.8. The van der Waals surface area contributed by atoms with E-state index in [0.717, 1.165) is 23.2 Å². The first-order valence-electron chi connectivity index (χ1n) is 11.2. The minimum Gasteiger partial charge on any atom is -0.497 e. The van der Waals surface area contributed by atoms with E-state index in [9.17, 15) is 10.1 Å². The first-order chi connectivity index (χ1) is 17.0. The van der Waals surface area contributed by atoms with E-state index in [1.54, 1.807) is 31.4 Å². The molecule has 0 saturated carbocycles. The lowest BCUT2D eigenvalue weighted by atomic mass is 9.98. The van der Waals surface area contributed by atoms with Crippen LogP contribution in [0, 0.1) is 11.3 Å². The average molecular weight is 466 g/mol. The van der Waals surface area contributed by atoms with Crippen LogP contribution in [0.4, 0.5) is 5.95 Å². The zero-order valence-corrected chi connectivity index (χ0v) is 20.0. The summed E-state index contributed by atoms with van der Waals surface area (Å²) < 4.78 is 5.20. The second-order valence-electron chi connectivity index (χ2n) is 8.42. The molecule has 0 aliphatic heterocycles. The molecule has 35 heavy (non-hydrogen) atoms. The Morgan fingerprint density at radius 1 is 1.00 bits per heavy atom. The molecule has 0 aliphatic rings. The molecule has 3 aromatic carbocycles. The number of hydrogen-bond acceptors (Lipinski definition) is 6. The lowest BCUT2D eigenvalue weighted by Crippen LogP contribution is -2.17. The first-order valence-corrected chi connectivity index (χ1v) is 11.2. The van der Waals surface area contributed by atoms with Crippen LogP contribution in [0.2, 0.25) is 0 Å². The zero-order valence-electron chi connectivity index (χ0n) is 20.0. The molecule has 0 aliphatic carbocycles. The number of methoxy groups -OCH3 is 1. The van der Waals surface area contributed by atoms with Crippen LogP contribution in [0.25, 0.3) is 22.4 Å². The van der Waals surface area contributed by atoms with Crippen LogP contribution in [0.1, 0.15) is 16.7 Å². The van der Waals surface area contributed by atoms with Crippen molar-refractivity contribution in [2.45, 2.75) is 13.1 Å². The second kappa shape index (κ2) is 10.7. The lowest BCUT2D eigenvalue weighted by molar-refractivity contribution is 0.402. The predicted molar refractivity (Wildman–Crippen MR) is 138 cm³/mol. The van der Waals surface area contributed by atoms with Gasteiger partial charge in [0.05, 0.1) is 12.8 Å². The van der Waals surface area contributed by atoms with E-state index in [1.165, 1.54) is 5.56 Å². The number of ether oxygens (including phenoxy) is 1. The third-order valence-electron chi connectivity index (χ3n) is 5.62. The molecule has 0 amide bonds. The van der Waals surface area contributed by atoms with Crippen molar-refractivity contribution >= 4 is 5.95 Å². The van der Waals surface area contributed by atoms with Crippen LogP contribution >= 0.6 is 0 Å². The molecule has 1 aromatic heterocycles. The number of nitrogens with one attached hydrogen (secondary N) is 2. The van der Waals surface area contributed by atoms with Crippen molar-refractivity contribution in [1.29, 1.82) is 5.26 Å². The Morgan fingerprint density at radius 2 is 1.69 bits per heavy atom. The third-order valence-corrected chi connectivity index (χ3v) is 5.62. The van der Waals surface area contributed by atoms with E-state index in [0.29, 0.717) is 29.5 Å². The highest BCUT2D eigenvalue weighted by atomic mass is 16.5. The van der Waals surface area contributed by atoms with Gasteiger partial charge in [0.1, 0.15) is 17.4 Å².